The molecule has 3 heterocycles. The highest BCUT2D eigenvalue weighted by Crippen LogP contribution is 2.29. The van der Waals surface area contributed by atoms with Crippen LogP contribution in [-0.2, 0) is 6.42 Å². The van der Waals surface area contributed by atoms with Crippen molar-refractivity contribution in [2.45, 2.75) is 13.3 Å². The molecule has 0 bridgehead atoms. The number of aromatic nitrogens is 3. The number of amides is 2. The highest BCUT2D eigenvalue weighted by molar-refractivity contribution is 7.22. The number of fused-ring (bicyclic) bond motifs is 1. The van der Waals surface area contributed by atoms with Gasteiger partial charge in [0.25, 0.3) is 0 Å². The Bertz CT molecular complexity index is 1140. The SMILES string of the molecule is Cc1ccc(N(C)c2ccc3nc(NC(=O)NCCc4ccccn4)sc3n2)cc1. The van der Waals surface area contributed by atoms with Gasteiger partial charge in [0.05, 0.1) is 0 Å². The summed E-state index contributed by atoms with van der Waals surface area (Å²) in [5.41, 5.74) is 3.96. The van der Waals surface area contributed by atoms with Crippen molar-refractivity contribution in [3.63, 3.8) is 0 Å². The second-order valence-corrected chi connectivity index (χ2v) is 7.84. The highest BCUT2D eigenvalue weighted by Gasteiger charge is 2.11. The number of urea groups is 1. The fourth-order valence-electron chi connectivity index (χ4n) is 2.94. The molecule has 8 heteroatoms. The first-order valence-corrected chi connectivity index (χ1v) is 10.4. The molecule has 0 saturated heterocycles. The number of anilines is 3. The Kier molecular flexibility index (Phi) is 5.85. The number of nitrogens with zero attached hydrogens (tertiary/aromatic N) is 4. The lowest BCUT2D eigenvalue weighted by atomic mass is 10.2. The van der Waals surface area contributed by atoms with Gasteiger partial charge in [-0.1, -0.05) is 35.1 Å². The summed E-state index contributed by atoms with van der Waals surface area (Å²) in [5.74, 6) is 0.821. The molecule has 4 aromatic rings. The zero-order chi connectivity index (χ0) is 20.9. The Morgan fingerprint density at radius 2 is 1.90 bits per heavy atom. The van der Waals surface area contributed by atoms with Crippen molar-refractivity contribution in [3.05, 3.63) is 72.1 Å². The summed E-state index contributed by atoms with van der Waals surface area (Å²) in [5, 5.41) is 6.13. The zero-order valence-electron chi connectivity index (χ0n) is 16.8. The number of thiazole rings is 1. The molecule has 2 amide bonds. The molecule has 30 heavy (non-hydrogen) atoms. The first-order chi connectivity index (χ1) is 14.6. The predicted octanol–water partition coefficient (Wildman–Crippen LogP) is 4.53. The van der Waals surface area contributed by atoms with Crippen molar-refractivity contribution >= 4 is 44.4 Å². The normalized spacial score (nSPS) is 10.7. The van der Waals surface area contributed by atoms with Crippen molar-refractivity contribution in [1.82, 2.24) is 20.3 Å². The lowest BCUT2D eigenvalue weighted by molar-refractivity contribution is 0.252. The molecular formula is C22H22N6OS. The minimum absolute atomic E-state index is 0.290. The molecule has 3 aromatic heterocycles. The van der Waals surface area contributed by atoms with Crippen LogP contribution in [0, 0.1) is 6.92 Å². The predicted molar refractivity (Wildman–Crippen MR) is 122 cm³/mol. The Morgan fingerprint density at radius 3 is 2.67 bits per heavy atom. The summed E-state index contributed by atoms with van der Waals surface area (Å²) >= 11 is 1.35. The van der Waals surface area contributed by atoms with Crippen molar-refractivity contribution in [2.24, 2.45) is 0 Å². The van der Waals surface area contributed by atoms with Gasteiger partial charge in [-0.15, -0.1) is 0 Å². The number of carbonyl (C=O) groups excluding carboxylic acids is 1. The lowest BCUT2D eigenvalue weighted by Gasteiger charge is -2.18. The van der Waals surface area contributed by atoms with Gasteiger partial charge in [-0.2, -0.15) is 0 Å². The summed E-state index contributed by atoms with van der Waals surface area (Å²) < 4.78 is 0. The van der Waals surface area contributed by atoms with Crippen LogP contribution in [-0.4, -0.2) is 34.6 Å². The highest BCUT2D eigenvalue weighted by atomic mass is 32.1. The van der Waals surface area contributed by atoms with Crippen molar-refractivity contribution in [3.8, 4) is 0 Å². The molecule has 0 unspecified atom stereocenters. The van der Waals surface area contributed by atoms with E-state index in [1.807, 2.05) is 42.3 Å². The van der Waals surface area contributed by atoms with E-state index in [-0.39, 0.29) is 6.03 Å². The Labute approximate surface area is 178 Å². The number of carbonyl (C=O) groups is 1. The average Bonchev–Trinajstić information content (AvgIpc) is 3.16. The molecule has 152 valence electrons. The van der Waals surface area contributed by atoms with Crippen LogP contribution in [0.15, 0.2) is 60.8 Å². The minimum atomic E-state index is -0.290. The number of nitrogens with one attached hydrogen (secondary N) is 2. The van der Waals surface area contributed by atoms with Crippen molar-refractivity contribution < 1.29 is 4.79 Å². The Hall–Kier alpha value is -3.52. The first-order valence-electron chi connectivity index (χ1n) is 9.61. The molecule has 1 aromatic carbocycles. The third-order valence-electron chi connectivity index (χ3n) is 4.62. The van der Waals surface area contributed by atoms with E-state index in [1.54, 1.807) is 6.20 Å². The van der Waals surface area contributed by atoms with Crippen LogP contribution >= 0.6 is 11.3 Å². The van der Waals surface area contributed by atoms with E-state index in [2.05, 4.69) is 51.8 Å². The van der Waals surface area contributed by atoms with E-state index in [0.717, 1.165) is 27.5 Å². The van der Waals surface area contributed by atoms with Gasteiger partial charge in [0.15, 0.2) is 5.13 Å². The van der Waals surface area contributed by atoms with Gasteiger partial charge in [-0.25, -0.2) is 14.8 Å². The van der Waals surface area contributed by atoms with Gasteiger partial charge in [-0.05, 0) is 43.3 Å². The molecule has 2 N–H and O–H groups in total. The summed E-state index contributed by atoms with van der Waals surface area (Å²) in [7, 11) is 1.98. The van der Waals surface area contributed by atoms with Gasteiger partial charge < -0.3 is 10.2 Å². The maximum Gasteiger partial charge on any atom is 0.321 e. The van der Waals surface area contributed by atoms with Gasteiger partial charge in [-0.3, -0.25) is 10.3 Å². The molecule has 0 aliphatic rings. The summed E-state index contributed by atoms with van der Waals surface area (Å²) in [4.78, 5) is 28.4. The molecule has 0 atom stereocenters. The van der Waals surface area contributed by atoms with Crippen molar-refractivity contribution in [1.29, 1.82) is 0 Å². The maximum absolute atomic E-state index is 12.2. The van der Waals surface area contributed by atoms with E-state index >= 15 is 0 Å². The smallest absolute Gasteiger partial charge is 0.321 e. The van der Waals surface area contributed by atoms with E-state index in [0.29, 0.717) is 18.1 Å². The second-order valence-electron chi connectivity index (χ2n) is 6.86. The van der Waals surface area contributed by atoms with Gasteiger partial charge in [0.2, 0.25) is 0 Å². The maximum atomic E-state index is 12.2. The molecular weight excluding hydrogens is 396 g/mol. The largest absolute Gasteiger partial charge is 0.337 e. The van der Waals surface area contributed by atoms with Gasteiger partial charge in [0.1, 0.15) is 16.2 Å². The third kappa shape index (κ3) is 4.72. The number of pyridine rings is 2. The topological polar surface area (TPSA) is 83.0 Å². The molecule has 4 rings (SSSR count). The van der Waals surface area contributed by atoms with Crippen LogP contribution in [0.1, 0.15) is 11.3 Å². The number of hydrogen-bond acceptors (Lipinski definition) is 6. The van der Waals surface area contributed by atoms with Crippen LogP contribution < -0.4 is 15.5 Å². The number of hydrogen-bond donors (Lipinski definition) is 2. The van der Waals surface area contributed by atoms with E-state index in [4.69, 9.17) is 4.98 Å². The fourth-order valence-corrected chi connectivity index (χ4v) is 3.77. The fraction of sp³-hybridized carbons (Fsp3) is 0.182. The Morgan fingerprint density at radius 1 is 1.07 bits per heavy atom. The summed E-state index contributed by atoms with van der Waals surface area (Å²) in [6, 6.07) is 17.6. The molecule has 7 nitrogen and oxygen atoms in total. The quantitative estimate of drug-likeness (QED) is 0.481. The zero-order valence-corrected chi connectivity index (χ0v) is 17.6. The third-order valence-corrected chi connectivity index (χ3v) is 5.50. The van der Waals surface area contributed by atoms with E-state index in [9.17, 15) is 4.79 Å². The number of aryl methyl sites for hydroxylation is 1. The molecule has 0 spiro atoms. The van der Waals surface area contributed by atoms with Gasteiger partial charge in [0, 0.05) is 37.6 Å². The number of benzene rings is 1. The molecule has 0 aliphatic heterocycles. The summed E-state index contributed by atoms with van der Waals surface area (Å²) in [6.45, 7) is 2.56. The first kappa shape index (κ1) is 19.8. The van der Waals surface area contributed by atoms with Crippen LogP contribution in [0.2, 0.25) is 0 Å². The van der Waals surface area contributed by atoms with Crippen LogP contribution in [0.4, 0.5) is 21.4 Å². The van der Waals surface area contributed by atoms with Gasteiger partial charge >= 0.3 is 6.03 Å². The van der Waals surface area contributed by atoms with Crippen LogP contribution in [0.25, 0.3) is 10.3 Å². The molecule has 0 radical (unpaired) electrons. The number of rotatable bonds is 6. The van der Waals surface area contributed by atoms with E-state index < -0.39 is 0 Å². The average molecular weight is 419 g/mol. The molecule has 0 fully saturated rings. The monoisotopic (exact) mass is 418 g/mol. The summed E-state index contributed by atoms with van der Waals surface area (Å²) in [6.07, 6.45) is 2.42. The molecule has 0 aliphatic carbocycles. The molecule has 0 saturated carbocycles. The van der Waals surface area contributed by atoms with Crippen LogP contribution in [0.5, 0.6) is 0 Å². The van der Waals surface area contributed by atoms with E-state index in [1.165, 1.54) is 16.9 Å². The lowest BCUT2D eigenvalue weighted by Crippen LogP contribution is -2.30. The Balaban J connectivity index is 1.39. The minimum Gasteiger partial charge on any atom is -0.337 e. The second kappa shape index (κ2) is 8.87. The standard InChI is InChI=1S/C22H22N6OS/c1-15-6-8-17(9-7-15)28(2)19-11-10-18-20(26-19)30-22(25-18)27-21(29)24-14-12-16-5-3-4-13-23-16/h3-11,13H,12,14H2,1-2H3,(H2,24,25,27,29). The van der Waals surface area contributed by atoms with Crippen LogP contribution in [0.3, 0.4) is 0 Å². The van der Waals surface area contributed by atoms with Crippen molar-refractivity contribution in [2.75, 3.05) is 23.8 Å².